The largest absolute Gasteiger partial charge is 0.573 e. The number of rotatable bonds is 4. The lowest BCUT2D eigenvalue weighted by Crippen LogP contribution is -2.17. The number of alkyl halides is 3. The summed E-state index contributed by atoms with van der Waals surface area (Å²) < 4.78 is 40.1. The molecule has 1 fully saturated rings. The highest BCUT2D eigenvalue weighted by Gasteiger charge is 2.30. The zero-order chi connectivity index (χ0) is 15.1. The first-order chi connectivity index (χ1) is 10.0. The van der Waals surface area contributed by atoms with Crippen LogP contribution >= 0.6 is 0 Å². The van der Waals surface area contributed by atoms with Crippen molar-refractivity contribution in [3.63, 3.8) is 0 Å². The molecule has 1 radical (unpaired) electrons. The summed E-state index contributed by atoms with van der Waals surface area (Å²) in [6, 6.07) is 6.19. The zero-order valence-corrected chi connectivity index (χ0v) is 12.2. The van der Waals surface area contributed by atoms with Gasteiger partial charge in [0.15, 0.2) is 0 Å². The first-order valence-electron chi connectivity index (χ1n) is 7.71. The lowest BCUT2D eigenvalue weighted by molar-refractivity contribution is -0.274. The maximum Gasteiger partial charge on any atom is 0.573 e. The van der Waals surface area contributed by atoms with Crippen LogP contribution in [0.3, 0.4) is 0 Å². The molecule has 0 spiro atoms. The summed E-state index contributed by atoms with van der Waals surface area (Å²) in [5.41, 5.74) is 1.03. The van der Waals surface area contributed by atoms with E-state index in [4.69, 9.17) is 0 Å². The molecule has 0 unspecified atom stereocenters. The molecular formula is C16H21BF3O. The third kappa shape index (κ3) is 6.45. The Balaban J connectivity index is 1.79. The van der Waals surface area contributed by atoms with Gasteiger partial charge in [-0.2, -0.15) is 0 Å². The first-order valence-corrected chi connectivity index (χ1v) is 7.71. The lowest BCUT2D eigenvalue weighted by Gasteiger charge is -2.18. The molecule has 0 N–H and O–H groups in total. The van der Waals surface area contributed by atoms with Gasteiger partial charge in [0.05, 0.1) is 0 Å². The van der Waals surface area contributed by atoms with Gasteiger partial charge in [-0.15, -0.1) is 13.2 Å². The highest BCUT2D eigenvalue weighted by molar-refractivity contribution is 6.37. The van der Waals surface area contributed by atoms with Crippen LogP contribution in [0.4, 0.5) is 13.2 Å². The topological polar surface area (TPSA) is 9.23 Å². The number of hydrogen-bond donors (Lipinski definition) is 0. The molecule has 0 aromatic heterocycles. The van der Waals surface area contributed by atoms with Crippen LogP contribution < -0.4 is 4.74 Å². The van der Waals surface area contributed by atoms with Gasteiger partial charge in [-0.25, -0.2) is 0 Å². The van der Waals surface area contributed by atoms with Crippen LogP contribution in [0, 0.1) is 0 Å². The average Bonchev–Trinajstić information content (AvgIpc) is 2.37. The lowest BCUT2D eigenvalue weighted by atomic mass is 9.57. The van der Waals surface area contributed by atoms with Gasteiger partial charge in [-0.1, -0.05) is 74.8 Å². The molecule has 115 valence electrons. The fourth-order valence-corrected chi connectivity index (χ4v) is 2.85. The molecule has 2 rings (SSSR count). The molecule has 1 aromatic carbocycles. The number of hydrogen-bond acceptors (Lipinski definition) is 1. The van der Waals surface area contributed by atoms with E-state index >= 15 is 0 Å². The molecule has 0 amide bonds. The predicted molar refractivity (Wildman–Crippen MR) is 78.7 cm³/mol. The fraction of sp³-hybridized carbons (Fsp3) is 0.625. The SMILES string of the molecule is FC(F)(F)Oc1ccc(C[B]C2CCCCCCC2)cc1. The maximum atomic E-state index is 12.1. The van der Waals surface area contributed by atoms with E-state index < -0.39 is 6.36 Å². The van der Waals surface area contributed by atoms with E-state index in [9.17, 15) is 13.2 Å². The second-order valence-corrected chi connectivity index (χ2v) is 5.74. The summed E-state index contributed by atoms with van der Waals surface area (Å²) in [7, 11) is 2.32. The number of benzene rings is 1. The van der Waals surface area contributed by atoms with E-state index in [2.05, 4.69) is 12.0 Å². The Hall–Kier alpha value is -1.13. The van der Waals surface area contributed by atoms with Crippen molar-refractivity contribution in [2.45, 2.75) is 63.4 Å². The second kappa shape index (κ2) is 7.76. The van der Waals surface area contributed by atoms with E-state index in [1.54, 1.807) is 12.1 Å². The van der Waals surface area contributed by atoms with Crippen molar-refractivity contribution in [3.05, 3.63) is 29.8 Å². The minimum absolute atomic E-state index is 0.155. The van der Waals surface area contributed by atoms with Gasteiger partial charge in [0.2, 0.25) is 0 Å². The molecule has 0 saturated heterocycles. The normalized spacial score (nSPS) is 17.9. The van der Waals surface area contributed by atoms with Crippen LogP contribution in [-0.4, -0.2) is 13.6 Å². The highest BCUT2D eigenvalue weighted by Crippen LogP contribution is 2.27. The summed E-state index contributed by atoms with van der Waals surface area (Å²) in [5, 5.41) is 0. The van der Waals surface area contributed by atoms with Gasteiger partial charge in [0.25, 0.3) is 0 Å². The van der Waals surface area contributed by atoms with Gasteiger partial charge in [-0.05, 0) is 12.1 Å². The van der Waals surface area contributed by atoms with Crippen LogP contribution in [0.2, 0.25) is 5.82 Å². The average molecular weight is 297 g/mol. The van der Waals surface area contributed by atoms with Crippen molar-refractivity contribution in [2.75, 3.05) is 0 Å². The molecule has 1 saturated carbocycles. The Morgan fingerprint density at radius 2 is 1.52 bits per heavy atom. The summed E-state index contributed by atoms with van der Waals surface area (Å²) in [6.07, 6.45) is 5.28. The van der Waals surface area contributed by atoms with Gasteiger partial charge in [0, 0.05) is 0 Å². The summed E-state index contributed by atoms with van der Waals surface area (Å²) in [4.78, 5) is 0. The highest BCUT2D eigenvalue weighted by atomic mass is 19.4. The van der Waals surface area contributed by atoms with E-state index in [-0.39, 0.29) is 5.75 Å². The van der Waals surface area contributed by atoms with Crippen molar-refractivity contribution >= 4 is 7.28 Å². The van der Waals surface area contributed by atoms with Crippen LogP contribution in [0.5, 0.6) is 5.75 Å². The summed E-state index contributed by atoms with van der Waals surface area (Å²) in [6.45, 7) is 0. The molecule has 1 aromatic rings. The standard InChI is InChI=1S/C16H21BF3O/c18-16(19,20)21-15-10-8-13(9-11-15)12-17-14-6-4-2-1-3-5-7-14/h8-11,14H,1-7,12H2. The smallest absolute Gasteiger partial charge is 0.406 e. The number of ether oxygens (including phenoxy) is 1. The van der Waals surface area contributed by atoms with Gasteiger partial charge in [-0.3, -0.25) is 0 Å². The van der Waals surface area contributed by atoms with E-state index in [1.807, 2.05) is 0 Å². The molecule has 5 heteroatoms. The van der Waals surface area contributed by atoms with Crippen LogP contribution in [0.25, 0.3) is 0 Å². The Labute approximate surface area is 125 Å². The molecule has 1 aliphatic carbocycles. The van der Waals surface area contributed by atoms with Crippen LogP contribution in [-0.2, 0) is 6.32 Å². The third-order valence-electron chi connectivity index (χ3n) is 3.99. The van der Waals surface area contributed by atoms with Crippen molar-refractivity contribution in [1.82, 2.24) is 0 Å². The summed E-state index contributed by atoms with van der Waals surface area (Å²) >= 11 is 0. The molecule has 0 atom stereocenters. The molecular weight excluding hydrogens is 276 g/mol. The first kappa shape index (κ1) is 16.2. The summed E-state index contributed by atoms with van der Waals surface area (Å²) in [5.74, 6) is 0.494. The van der Waals surface area contributed by atoms with Gasteiger partial charge < -0.3 is 4.74 Å². The van der Waals surface area contributed by atoms with Gasteiger partial charge in [0.1, 0.15) is 13.0 Å². The quantitative estimate of drug-likeness (QED) is 0.683. The second-order valence-electron chi connectivity index (χ2n) is 5.74. The predicted octanol–water partition coefficient (Wildman–Crippen LogP) is 5.32. The van der Waals surface area contributed by atoms with E-state index in [0.29, 0.717) is 5.82 Å². The fourth-order valence-electron chi connectivity index (χ4n) is 2.85. The van der Waals surface area contributed by atoms with Gasteiger partial charge >= 0.3 is 6.36 Å². The van der Waals surface area contributed by atoms with E-state index in [1.165, 1.54) is 57.1 Å². The molecule has 0 aliphatic heterocycles. The third-order valence-corrected chi connectivity index (χ3v) is 3.99. The molecule has 1 nitrogen and oxygen atoms in total. The van der Waals surface area contributed by atoms with Crippen molar-refractivity contribution in [2.24, 2.45) is 0 Å². The van der Waals surface area contributed by atoms with Crippen molar-refractivity contribution in [3.8, 4) is 5.75 Å². The Kier molecular flexibility index (Phi) is 6.01. The zero-order valence-electron chi connectivity index (χ0n) is 12.2. The van der Waals surface area contributed by atoms with Crippen LogP contribution in [0.1, 0.15) is 50.5 Å². The molecule has 1 aliphatic rings. The van der Waals surface area contributed by atoms with Crippen LogP contribution in [0.15, 0.2) is 24.3 Å². The molecule has 0 heterocycles. The molecule has 21 heavy (non-hydrogen) atoms. The molecule has 0 bridgehead atoms. The van der Waals surface area contributed by atoms with Crippen molar-refractivity contribution < 1.29 is 17.9 Å². The Bertz CT molecular complexity index is 409. The Morgan fingerprint density at radius 1 is 0.952 bits per heavy atom. The number of halogens is 3. The Morgan fingerprint density at radius 3 is 2.10 bits per heavy atom. The minimum Gasteiger partial charge on any atom is -0.406 e. The minimum atomic E-state index is -4.62. The van der Waals surface area contributed by atoms with Crippen molar-refractivity contribution in [1.29, 1.82) is 0 Å². The van der Waals surface area contributed by atoms with E-state index in [0.717, 1.165) is 11.9 Å². The maximum absolute atomic E-state index is 12.1. The monoisotopic (exact) mass is 297 g/mol.